The van der Waals surface area contributed by atoms with Crippen LogP contribution in [-0.2, 0) is 0 Å². The summed E-state index contributed by atoms with van der Waals surface area (Å²) in [6, 6.07) is 9.52. The number of carbonyl (C=O) groups excluding carboxylic acids is 2. The molecule has 4 nitrogen and oxygen atoms in total. The highest BCUT2D eigenvalue weighted by Crippen LogP contribution is 2.08. The highest BCUT2D eigenvalue weighted by Gasteiger charge is 2.09. The van der Waals surface area contributed by atoms with Crippen molar-refractivity contribution in [2.45, 2.75) is 6.92 Å². The number of hydrogen-bond donors (Lipinski definition) is 2. The molecule has 0 saturated carbocycles. The number of nitrogens with one attached hydrogen (secondary N) is 2. The molecule has 0 aliphatic heterocycles. The topological polar surface area (TPSA) is 58.2 Å². The molecule has 0 unspecified atom stereocenters. The molecule has 0 saturated heterocycles. The first-order valence-corrected chi connectivity index (χ1v) is 7.05. The number of carbonyl (C=O) groups is 2. The smallest absolute Gasteiger partial charge is 0.251 e. The van der Waals surface area contributed by atoms with Gasteiger partial charge in [0.05, 0.1) is 0 Å². The van der Waals surface area contributed by atoms with Crippen LogP contribution in [0.15, 0.2) is 42.5 Å². The number of hydrogen-bond acceptors (Lipinski definition) is 2. The Kier molecular flexibility index (Phi) is 5.41. The van der Waals surface area contributed by atoms with E-state index in [1.54, 1.807) is 6.92 Å². The summed E-state index contributed by atoms with van der Waals surface area (Å²) in [5, 5.41) is 5.13. The van der Waals surface area contributed by atoms with E-state index in [0.29, 0.717) is 5.56 Å². The van der Waals surface area contributed by atoms with Crippen molar-refractivity contribution in [3.63, 3.8) is 0 Å². The van der Waals surface area contributed by atoms with Crippen molar-refractivity contribution >= 4 is 11.8 Å². The number of aryl methyl sites for hydroxylation is 1. The van der Waals surface area contributed by atoms with E-state index in [1.807, 2.05) is 0 Å². The van der Waals surface area contributed by atoms with Gasteiger partial charge in [0.15, 0.2) is 0 Å². The largest absolute Gasteiger partial charge is 0.350 e. The van der Waals surface area contributed by atoms with Crippen molar-refractivity contribution in [1.82, 2.24) is 10.6 Å². The summed E-state index contributed by atoms with van der Waals surface area (Å²) in [5.41, 5.74) is 0.880. The number of rotatable bonds is 5. The lowest BCUT2D eigenvalue weighted by Gasteiger charge is -2.08. The molecule has 0 atom stereocenters. The van der Waals surface area contributed by atoms with Gasteiger partial charge in [-0.15, -0.1) is 0 Å². The highest BCUT2D eigenvalue weighted by molar-refractivity contribution is 5.95. The molecule has 23 heavy (non-hydrogen) atoms. The third-order valence-corrected chi connectivity index (χ3v) is 3.22. The Morgan fingerprint density at radius 2 is 1.52 bits per heavy atom. The normalized spacial score (nSPS) is 10.2. The van der Waals surface area contributed by atoms with E-state index in [9.17, 15) is 18.4 Å². The average molecular weight is 318 g/mol. The zero-order valence-electron chi connectivity index (χ0n) is 12.5. The summed E-state index contributed by atoms with van der Waals surface area (Å²) in [6.45, 7) is 1.96. The van der Waals surface area contributed by atoms with Gasteiger partial charge in [0.2, 0.25) is 0 Å². The molecule has 2 aromatic rings. The van der Waals surface area contributed by atoms with E-state index in [4.69, 9.17) is 0 Å². The van der Waals surface area contributed by atoms with E-state index in [1.165, 1.54) is 30.3 Å². The summed E-state index contributed by atoms with van der Waals surface area (Å²) in [7, 11) is 0. The van der Waals surface area contributed by atoms with E-state index < -0.39 is 23.4 Å². The predicted octanol–water partition coefficient (Wildman–Crippen LogP) is 2.43. The van der Waals surface area contributed by atoms with E-state index in [2.05, 4.69) is 10.6 Å². The van der Waals surface area contributed by atoms with Crippen molar-refractivity contribution in [3.8, 4) is 0 Å². The van der Waals surface area contributed by atoms with Crippen LogP contribution < -0.4 is 10.6 Å². The molecule has 2 amide bonds. The molecule has 0 heterocycles. The Bertz CT molecular complexity index is 732. The van der Waals surface area contributed by atoms with Crippen molar-refractivity contribution in [1.29, 1.82) is 0 Å². The lowest BCUT2D eigenvalue weighted by atomic mass is 10.1. The fraction of sp³-hybridized carbons (Fsp3) is 0.176. The third-order valence-electron chi connectivity index (χ3n) is 3.22. The van der Waals surface area contributed by atoms with E-state index >= 15 is 0 Å². The zero-order valence-corrected chi connectivity index (χ0v) is 12.5. The predicted molar refractivity (Wildman–Crippen MR) is 82.2 cm³/mol. The van der Waals surface area contributed by atoms with Crippen LogP contribution in [0.2, 0.25) is 0 Å². The molecule has 0 aromatic heterocycles. The monoisotopic (exact) mass is 318 g/mol. The van der Waals surface area contributed by atoms with Crippen LogP contribution in [0, 0.1) is 18.6 Å². The number of amides is 2. The second-order valence-electron chi connectivity index (χ2n) is 4.99. The lowest BCUT2D eigenvalue weighted by Crippen LogP contribution is -2.34. The van der Waals surface area contributed by atoms with Crippen molar-refractivity contribution < 1.29 is 18.4 Å². The van der Waals surface area contributed by atoms with Crippen molar-refractivity contribution in [2.24, 2.45) is 0 Å². The van der Waals surface area contributed by atoms with Crippen LogP contribution in [0.3, 0.4) is 0 Å². The van der Waals surface area contributed by atoms with Crippen LogP contribution in [0.1, 0.15) is 26.3 Å². The summed E-state index contributed by atoms with van der Waals surface area (Å²) in [4.78, 5) is 23.6. The molecule has 0 aliphatic carbocycles. The minimum absolute atomic E-state index is 0.176. The Balaban J connectivity index is 1.79. The number of benzene rings is 2. The number of halogens is 2. The second-order valence-corrected chi connectivity index (χ2v) is 4.99. The molecular weight excluding hydrogens is 302 g/mol. The van der Waals surface area contributed by atoms with Gasteiger partial charge in [-0.2, -0.15) is 0 Å². The van der Waals surface area contributed by atoms with E-state index in [0.717, 1.165) is 12.1 Å². The second kappa shape index (κ2) is 7.49. The molecule has 6 heteroatoms. The van der Waals surface area contributed by atoms with Crippen molar-refractivity contribution in [3.05, 3.63) is 70.8 Å². The Morgan fingerprint density at radius 3 is 2.09 bits per heavy atom. The maximum Gasteiger partial charge on any atom is 0.251 e. The SMILES string of the molecule is Cc1ccc(C(=O)NCCNC(=O)c2cccc(F)c2)cc1F. The van der Waals surface area contributed by atoms with Gasteiger partial charge in [-0.1, -0.05) is 12.1 Å². The summed E-state index contributed by atoms with van der Waals surface area (Å²) in [6.07, 6.45) is 0. The van der Waals surface area contributed by atoms with Crippen molar-refractivity contribution in [2.75, 3.05) is 13.1 Å². The van der Waals surface area contributed by atoms with Gasteiger partial charge < -0.3 is 10.6 Å². The molecule has 0 aliphatic rings. The maximum absolute atomic E-state index is 13.4. The lowest BCUT2D eigenvalue weighted by molar-refractivity contribution is 0.0927. The van der Waals surface area contributed by atoms with Gasteiger partial charge in [-0.25, -0.2) is 8.78 Å². The molecule has 0 spiro atoms. The minimum Gasteiger partial charge on any atom is -0.350 e. The third kappa shape index (κ3) is 4.60. The fourth-order valence-corrected chi connectivity index (χ4v) is 1.92. The summed E-state index contributed by atoms with van der Waals surface area (Å²) >= 11 is 0. The zero-order chi connectivity index (χ0) is 16.8. The molecular formula is C17H16F2N2O2. The standard InChI is InChI=1S/C17H16F2N2O2/c1-11-5-6-13(10-15(11)19)17(23)21-8-7-20-16(22)12-3-2-4-14(18)9-12/h2-6,9-10H,7-8H2,1H3,(H,20,22)(H,21,23). The first kappa shape index (κ1) is 16.6. The van der Waals surface area contributed by atoms with Crippen LogP contribution >= 0.6 is 0 Å². The van der Waals surface area contributed by atoms with Crippen LogP contribution in [0.5, 0.6) is 0 Å². The van der Waals surface area contributed by atoms with E-state index in [-0.39, 0.29) is 24.2 Å². The highest BCUT2D eigenvalue weighted by atomic mass is 19.1. The molecule has 2 N–H and O–H groups in total. The van der Waals surface area contributed by atoms with Gasteiger partial charge in [0, 0.05) is 24.2 Å². The molecule has 2 rings (SSSR count). The average Bonchev–Trinajstić information content (AvgIpc) is 2.53. The fourth-order valence-electron chi connectivity index (χ4n) is 1.92. The quantitative estimate of drug-likeness (QED) is 0.832. The maximum atomic E-state index is 13.4. The van der Waals surface area contributed by atoms with Gasteiger partial charge in [0.1, 0.15) is 11.6 Å². The first-order valence-electron chi connectivity index (χ1n) is 7.05. The molecule has 0 fully saturated rings. The summed E-state index contributed by atoms with van der Waals surface area (Å²) in [5.74, 6) is -1.80. The Morgan fingerprint density at radius 1 is 0.913 bits per heavy atom. The molecule has 0 bridgehead atoms. The molecule has 0 radical (unpaired) electrons. The Labute approximate surface area is 132 Å². The molecule has 120 valence electrons. The Hall–Kier alpha value is -2.76. The van der Waals surface area contributed by atoms with Gasteiger partial charge in [-0.05, 0) is 42.8 Å². The minimum atomic E-state index is -0.493. The van der Waals surface area contributed by atoms with Gasteiger partial charge >= 0.3 is 0 Å². The van der Waals surface area contributed by atoms with Gasteiger partial charge in [0.25, 0.3) is 11.8 Å². The summed E-state index contributed by atoms with van der Waals surface area (Å²) < 4.78 is 26.4. The first-order chi connectivity index (χ1) is 11.0. The van der Waals surface area contributed by atoms with Crippen LogP contribution in [-0.4, -0.2) is 24.9 Å². The molecule has 2 aromatic carbocycles. The van der Waals surface area contributed by atoms with Crippen LogP contribution in [0.25, 0.3) is 0 Å². The van der Waals surface area contributed by atoms with Gasteiger partial charge in [-0.3, -0.25) is 9.59 Å². The van der Waals surface area contributed by atoms with Crippen LogP contribution in [0.4, 0.5) is 8.78 Å².